The van der Waals surface area contributed by atoms with Gasteiger partial charge in [-0.15, -0.1) is 0 Å². The third-order valence-corrected chi connectivity index (χ3v) is 3.97. The van der Waals surface area contributed by atoms with Crippen LogP contribution in [-0.4, -0.2) is 18.2 Å². The van der Waals surface area contributed by atoms with E-state index in [2.05, 4.69) is 0 Å². The van der Waals surface area contributed by atoms with E-state index in [0.29, 0.717) is 16.7 Å². The Balaban J connectivity index is 1.77. The zero-order valence-corrected chi connectivity index (χ0v) is 14.4. The fourth-order valence-electron chi connectivity index (χ4n) is 2.75. The number of phenols is 1. The molecule has 1 N–H and O–H groups in total. The van der Waals surface area contributed by atoms with Gasteiger partial charge < -0.3 is 19.0 Å². The van der Waals surface area contributed by atoms with Crippen LogP contribution in [0.2, 0.25) is 0 Å². The number of carbonyl (C=O) groups is 1. The second-order valence-electron chi connectivity index (χ2n) is 5.92. The minimum absolute atomic E-state index is 0.0127. The van der Waals surface area contributed by atoms with Crippen LogP contribution in [0.25, 0.3) is 11.0 Å². The fraction of sp³-hybridized carbons (Fsp3) is 0.200. The monoisotopic (exact) mass is 354 g/mol. The molecule has 0 aliphatic carbocycles. The SMILES string of the molecule is COc1ccc(C)cc1CC(=O)OCc1cc(=O)oc2cc(O)ccc12. The quantitative estimate of drug-likeness (QED) is 0.560. The lowest BCUT2D eigenvalue weighted by Crippen LogP contribution is -2.10. The van der Waals surface area contributed by atoms with Crippen LogP contribution in [0.4, 0.5) is 0 Å². The van der Waals surface area contributed by atoms with E-state index in [1.807, 2.05) is 19.1 Å². The number of methoxy groups -OCH3 is 1. The maximum absolute atomic E-state index is 12.2. The molecule has 0 amide bonds. The summed E-state index contributed by atoms with van der Waals surface area (Å²) in [4.78, 5) is 23.9. The van der Waals surface area contributed by atoms with Crippen molar-refractivity contribution in [2.45, 2.75) is 20.0 Å². The van der Waals surface area contributed by atoms with E-state index in [4.69, 9.17) is 13.9 Å². The molecule has 0 saturated carbocycles. The van der Waals surface area contributed by atoms with Crippen LogP contribution in [0.1, 0.15) is 16.7 Å². The van der Waals surface area contributed by atoms with E-state index in [0.717, 1.165) is 11.1 Å². The van der Waals surface area contributed by atoms with Gasteiger partial charge in [0.05, 0.1) is 13.5 Å². The average Bonchev–Trinajstić information content (AvgIpc) is 2.59. The molecule has 0 bridgehead atoms. The molecule has 0 unspecified atom stereocenters. The second kappa shape index (κ2) is 7.31. The first-order chi connectivity index (χ1) is 12.5. The van der Waals surface area contributed by atoms with Crippen LogP contribution < -0.4 is 10.4 Å². The van der Waals surface area contributed by atoms with E-state index >= 15 is 0 Å². The van der Waals surface area contributed by atoms with E-state index in [1.54, 1.807) is 19.2 Å². The van der Waals surface area contributed by atoms with E-state index < -0.39 is 11.6 Å². The predicted octanol–water partition coefficient (Wildman–Crippen LogP) is 3.10. The normalized spacial score (nSPS) is 10.7. The highest BCUT2D eigenvalue weighted by molar-refractivity contribution is 5.81. The number of phenolic OH excluding ortho intramolecular Hbond substituents is 1. The Labute approximate surface area is 149 Å². The van der Waals surface area contributed by atoms with Gasteiger partial charge in [0.15, 0.2) is 0 Å². The molecule has 3 rings (SSSR count). The molecule has 6 heteroatoms. The number of hydrogen-bond donors (Lipinski definition) is 1. The van der Waals surface area contributed by atoms with E-state index in [1.165, 1.54) is 18.2 Å². The predicted molar refractivity (Wildman–Crippen MR) is 95.4 cm³/mol. The van der Waals surface area contributed by atoms with Crippen LogP contribution in [0.3, 0.4) is 0 Å². The molecular weight excluding hydrogens is 336 g/mol. The number of carbonyl (C=O) groups excluding carboxylic acids is 1. The highest BCUT2D eigenvalue weighted by atomic mass is 16.5. The summed E-state index contributed by atoms with van der Waals surface area (Å²) in [5.74, 6) is 0.171. The molecule has 2 aromatic carbocycles. The molecule has 0 atom stereocenters. The molecular formula is C20H18O6. The summed E-state index contributed by atoms with van der Waals surface area (Å²) >= 11 is 0. The van der Waals surface area contributed by atoms with Crippen LogP contribution >= 0.6 is 0 Å². The minimum atomic E-state index is -0.575. The van der Waals surface area contributed by atoms with Crippen molar-refractivity contribution in [2.24, 2.45) is 0 Å². The number of fused-ring (bicyclic) bond motifs is 1. The molecule has 0 saturated heterocycles. The first kappa shape index (κ1) is 17.5. The third kappa shape index (κ3) is 3.85. The summed E-state index contributed by atoms with van der Waals surface area (Å²) in [6.07, 6.45) is 0.0605. The molecule has 1 aromatic heterocycles. The summed E-state index contributed by atoms with van der Waals surface area (Å²) in [6, 6.07) is 11.3. The Kier molecular flexibility index (Phi) is 4.93. The number of aromatic hydroxyl groups is 1. The average molecular weight is 354 g/mol. The topological polar surface area (TPSA) is 86.0 Å². The van der Waals surface area contributed by atoms with Gasteiger partial charge in [-0.2, -0.15) is 0 Å². The molecule has 1 heterocycles. The van der Waals surface area contributed by atoms with Gasteiger partial charge in [0.25, 0.3) is 0 Å². The van der Waals surface area contributed by atoms with Gasteiger partial charge >= 0.3 is 11.6 Å². The van der Waals surface area contributed by atoms with Gasteiger partial charge in [0.2, 0.25) is 0 Å². The molecule has 0 aliphatic rings. The first-order valence-corrected chi connectivity index (χ1v) is 8.01. The Morgan fingerprint density at radius 2 is 1.92 bits per heavy atom. The maximum atomic E-state index is 12.2. The summed E-state index contributed by atoms with van der Waals surface area (Å²) in [7, 11) is 1.55. The molecule has 3 aromatic rings. The van der Waals surface area contributed by atoms with E-state index in [9.17, 15) is 14.7 Å². The smallest absolute Gasteiger partial charge is 0.336 e. The van der Waals surface area contributed by atoms with Crippen LogP contribution in [-0.2, 0) is 22.6 Å². The molecule has 6 nitrogen and oxygen atoms in total. The van der Waals surface area contributed by atoms with Gasteiger partial charge in [-0.1, -0.05) is 17.7 Å². The largest absolute Gasteiger partial charge is 0.508 e. The molecule has 134 valence electrons. The fourth-order valence-corrected chi connectivity index (χ4v) is 2.75. The zero-order valence-electron chi connectivity index (χ0n) is 14.4. The van der Waals surface area contributed by atoms with E-state index in [-0.39, 0.29) is 24.4 Å². The lowest BCUT2D eigenvalue weighted by molar-refractivity contribution is -0.144. The maximum Gasteiger partial charge on any atom is 0.336 e. The third-order valence-electron chi connectivity index (χ3n) is 3.97. The Morgan fingerprint density at radius 1 is 1.12 bits per heavy atom. The molecule has 0 aliphatic heterocycles. The van der Waals surface area contributed by atoms with Gasteiger partial charge in [-0.25, -0.2) is 4.79 Å². The molecule has 0 spiro atoms. The Bertz CT molecular complexity index is 1020. The number of esters is 1. The molecule has 0 radical (unpaired) electrons. The number of ether oxygens (including phenoxy) is 2. The van der Waals surface area contributed by atoms with Crippen molar-refractivity contribution in [3.8, 4) is 11.5 Å². The van der Waals surface area contributed by atoms with Gasteiger partial charge in [0.1, 0.15) is 23.7 Å². The molecule has 26 heavy (non-hydrogen) atoms. The zero-order chi connectivity index (χ0) is 18.7. The number of rotatable bonds is 5. The van der Waals surface area contributed by atoms with Crippen molar-refractivity contribution in [3.63, 3.8) is 0 Å². The Hall–Kier alpha value is -3.28. The number of benzene rings is 2. The highest BCUT2D eigenvalue weighted by Gasteiger charge is 2.13. The van der Waals surface area contributed by atoms with Crippen LogP contribution in [0.5, 0.6) is 11.5 Å². The first-order valence-electron chi connectivity index (χ1n) is 8.01. The summed E-state index contributed by atoms with van der Waals surface area (Å²) < 4.78 is 15.6. The van der Waals surface area contributed by atoms with Crippen LogP contribution in [0.15, 0.2) is 51.7 Å². The standard InChI is InChI=1S/C20H18O6/c1-12-3-6-17(24-2)13(7-12)8-19(22)25-11-14-9-20(23)26-18-10-15(21)4-5-16(14)18/h3-7,9-10,21H,8,11H2,1-2H3. The minimum Gasteiger partial charge on any atom is -0.508 e. The van der Waals surface area contributed by atoms with Crippen LogP contribution in [0, 0.1) is 6.92 Å². The summed E-state index contributed by atoms with van der Waals surface area (Å²) in [5.41, 5.74) is 1.93. The van der Waals surface area contributed by atoms with Crippen molar-refractivity contribution in [3.05, 3.63) is 69.6 Å². The van der Waals surface area contributed by atoms with Crippen molar-refractivity contribution in [1.82, 2.24) is 0 Å². The summed E-state index contributed by atoms with van der Waals surface area (Å²) in [5, 5.41) is 10.1. The van der Waals surface area contributed by atoms with Gasteiger partial charge in [-0.05, 0) is 25.1 Å². The Morgan fingerprint density at radius 3 is 2.69 bits per heavy atom. The lowest BCUT2D eigenvalue weighted by atomic mass is 10.1. The number of hydrogen-bond acceptors (Lipinski definition) is 6. The lowest BCUT2D eigenvalue weighted by Gasteiger charge is -2.10. The number of aryl methyl sites for hydroxylation is 1. The van der Waals surface area contributed by atoms with Crippen molar-refractivity contribution >= 4 is 16.9 Å². The van der Waals surface area contributed by atoms with Crippen molar-refractivity contribution < 1.29 is 23.8 Å². The molecule has 0 fully saturated rings. The van der Waals surface area contributed by atoms with Gasteiger partial charge in [-0.3, -0.25) is 4.79 Å². The van der Waals surface area contributed by atoms with Gasteiger partial charge in [0, 0.05) is 28.6 Å². The summed E-state index contributed by atoms with van der Waals surface area (Å²) in [6.45, 7) is 1.86. The van der Waals surface area contributed by atoms with Crippen molar-refractivity contribution in [2.75, 3.05) is 7.11 Å². The second-order valence-corrected chi connectivity index (χ2v) is 5.92. The highest BCUT2D eigenvalue weighted by Crippen LogP contribution is 2.23. The van der Waals surface area contributed by atoms with Crippen molar-refractivity contribution in [1.29, 1.82) is 0 Å².